The fraction of sp³-hybridized carbons (Fsp3) is 0.286. The van der Waals surface area contributed by atoms with Gasteiger partial charge in [-0.2, -0.15) is 0 Å². The molecule has 0 radical (unpaired) electrons. The molecule has 0 aliphatic rings. The van der Waals surface area contributed by atoms with Crippen molar-refractivity contribution in [1.29, 1.82) is 0 Å². The van der Waals surface area contributed by atoms with E-state index < -0.39 is 11.5 Å². The number of hydrogen-bond acceptors (Lipinski definition) is 2. The Hall–Kier alpha value is -2.10. The lowest BCUT2D eigenvalue weighted by atomic mass is 9.87. The molecule has 1 atom stereocenters. The summed E-state index contributed by atoms with van der Waals surface area (Å²) < 4.78 is 1.62. The number of aryl methyl sites for hydroxylation is 2. The molecule has 4 heteroatoms. The van der Waals surface area contributed by atoms with E-state index in [1.54, 1.807) is 23.9 Å². The Morgan fingerprint density at radius 1 is 1.39 bits per heavy atom. The summed E-state index contributed by atoms with van der Waals surface area (Å²) in [6.45, 7) is 5.57. The highest BCUT2D eigenvalue weighted by atomic mass is 16.4. The van der Waals surface area contributed by atoms with Gasteiger partial charge in [0.05, 0.1) is 6.33 Å². The van der Waals surface area contributed by atoms with Gasteiger partial charge in [0.2, 0.25) is 0 Å². The molecule has 1 aromatic heterocycles. The molecule has 0 amide bonds. The van der Waals surface area contributed by atoms with Crippen LogP contribution in [0, 0.1) is 13.8 Å². The molecule has 0 saturated heterocycles. The second kappa shape index (κ2) is 4.29. The number of hydrogen-bond donors (Lipinski definition) is 1. The van der Waals surface area contributed by atoms with E-state index in [1.807, 2.05) is 32.0 Å². The van der Waals surface area contributed by atoms with Gasteiger partial charge in [0.25, 0.3) is 0 Å². The second-order valence-corrected chi connectivity index (χ2v) is 4.67. The Kier molecular flexibility index (Phi) is 2.95. The maximum absolute atomic E-state index is 11.7. The first-order chi connectivity index (χ1) is 8.46. The zero-order chi connectivity index (χ0) is 13.3. The number of benzene rings is 1. The molecule has 0 aliphatic heterocycles. The fourth-order valence-corrected chi connectivity index (χ4v) is 2.15. The number of imidazole rings is 1. The summed E-state index contributed by atoms with van der Waals surface area (Å²) in [6, 6.07) is 5.85. The molecule has 4 nitrogen and oxygen atoms in total. The van der Waals surface area contributed by atoms with E-state index >= 15 is 0 Å². The number of aliphatic carboxylic acids is 1. The van der Waals surface area contributed by atoms with Gasteiger partial charge in [-0.3, -0.25) is 0 Å². The quantitative estimate of drug-likeness (QED) is 0.901. The van der Waals surface area contributed by atoms with Crippen LogP contribution in [0.1, 0.15) is 23.6 Å². The van der Waals surface area contributed by atoms with Crippen molar-refractivity contribution in [2.75, 3.05) is 0 Å². The average Bonchev–Trinajstić information content (AvgIpc) is 2.85. The van der Waals surface area contributed by atoms with Crippen molar-refractivity contribution in [1.82, 2.24) is 9.55 Å². The van der Waals surface area contributed by atoms with E-state index in [9.17, 15) is 9.90 Å². The molecular formula is C14H16N2O2. The summed E-state index contributed by atoms with van der Waals surface area (Å²) in [6.07, 6.45) is 4.80. The minimum atomic E-state index is -1.13. The molecule has 0 aliphatic carbocycles. The van der Waals surface area contributed by atoms with E-state index in [-0.39, 0.29) is 0 Å². The van der Waals surface area contributed by atoms with Crippen molar-refractivity contribution < 1.29 is 9.90 Å². The summed E-state index contributed by atoms with van der Waals surface area (Å²) in [7, 11) is 0. The first-order valence-electron chi connectivity index (χ1n) is 5.76. The monoisotopic (exact) mass is 244 g/mol. The van der Waals surface area contributed by atoms with Crippen LogP contribution in [0.25, 0.3) is 0 Å². The summed E-state index contributed by atoms with van der Waals surface area (Å²) in [5, 5.41) is 9.62. The van der Waals surface area contributed by atoms with Gasteiger partial charge < -0.3 is 9.67 Å². The van der Waals surface area contributed by atoms with E-state index in [4.69, 9.17) is 0 Å². The molecule has 2 rings (SSSR count). The van der Waals surface area contributed by atoms with E-state index in [0.29, 0.717) is 0 Å². The first-order valence-corrected chi connectivity index (χ1v) is 5.76. The summed E-state index contributed by atoms with van der Waals surface area (Å²) in [5.41, 5.74) is 1.66. The number of carboxylic acids is 1. The zero-order valence-corrected chi connectivity index (χ0v) is 10.7. The highest BCUT2D eigenvalue weighted by Gasteiger charge is 2.38. The van der Waals surface area contributed by atoms with Gasteiger partial charge in [0.1, 0.15) is 0 Å². The molecule has 1 heterocycles. The highest BCUT2D eigenvalue weighted by molar-refractivity contribution is 5.81. The van der Waals surface area contributed by atoms with Crippen molar-refractivity contribution >= 4 is 5.97 Å². The fourth-order valence-electron chi connectivity index (χ4n) is 2.15. The van der Waals surface area contributed by atoms with Crippen LogP contribution in [0.15, 0.2) is 36.9 Å². The number of nitrogens with zero attached hydrogens (tertiary/aromatic N) is 2. The number of aromatic nitrogens is 2. The molecule has 0 bridgehead atoms. The van der Waals surface area contributed by atoms with Crippen molar-refractivity contribution in [2.24, 2.45) is 0 Å². The third-order valence-corrected chi connectivity index (χ3v) is 3.35. The van der Waals surface area contributed by atoms with Crippen molar-refractivity contribution in [3.05, 3.63) is 53.6 Å². The smallest absolute Gasteiger partial charge is 0.334 e. The molecule has 94 valence electrons. The molecule has 1 aromatic carbocycles. The normalized spacial score (nSPS) is 14.2. The molecule has 2 aromatic rings. The minimum absolute atomic E-state index is 0.785. The third kappa shape index (κ3) is 1.79. The summed E-state index contributed by atoms with van der Waals surface area (Å²) in [4.78, 5) is 15.7. The Labute approximate surface area is 106 Å². The third-order valence-electron chi connectivity index (χ3n) is 3.35. The zero-order valence-electron chi connectivity index (χ0n) is 10.7. The molecule has 18 heavy (non-hydrogen) atoms. The van der Waals surface area contributed by atoms with Crippen LogP contribution < -0.4 is 0 Å². The maximum atomic E-state index is 11.7. The number of carboxylic acid groups (broad SMARTS) is 1. The van der Waals surface area contributed by atoms with Gasteiger partial charge in [-0.05, 0) is 31.9 Å². The van der Waals surface area contributed by atoms with Crippen molar-refractivity contribution in [3.63, 3.8) is 0 Å². The Bertz CT molecular complexity index is 575. The lowest BCUT2D eigenvalue weighted by molar-refractivity contribution is -0.144. The molecule has 0 saturated carbocycles. The molecular weight excluding hydrogens is 228 g/mol. The average molecular weight is 244 g/mol. The summed E-state index contributed by atoms with van der Waals surface area (Å²) in [5.74, 6) is -0.894. The lowest BCUT2D eigenvalue weighted by Gasteiger charge is -2.28. The maximum Gasteiger partial charge on any atom is 0.334 e. The Balaban J connectivity index is 2.69. The predicted molar refractivity (Wildman–Crippen MR) is 68.5 cm³/mol. The van der Waals surface area contributed by atoms with E-state index in [1.165, 1.54) is 6.33 Å². The first kappa shape index (κ1) is 12.4. The highest BCUT2D eigenvalue weighted by Crippen LogP contribution is 2.29. The topological polar surface area (TPSA) is 55.1 Å². The van der Waals surface area contributed by atoms with Crippen LogP contribution in [0.5, 0.6) is 0 Å². The Morgan fingerprint density at radius 3 is 2.67 bits per heavy atom. The number of carbonyl (C=O) groups is 1. The predicted octanol–water partition coefficient (Wildman–Crippen LogP) is 2.35. The number of rotatable bonds is 3. The standard InChI is InChI=1S/C14H16N2O2/c1-10-4-5-11(2)12(8-10)14(3,13(17)18)16-7-6-15-9-16/h4-9H,1-3H3,(H,17,18). The molecule has 1 N–H and O–H groups in total. The second-order valence-electron chi connectivity index (χ2n) is 4.67. The Morgan fingerprint density at radius 2 is 2.11 bits per heavy atom. The molecule has 0 spiro atoms. The van der Waals surface area contributed by atoms with Crippen LogP contribution >= 0.6 is 0 Å². The van der Waals surface area contributed by atoms with Gasteiger partial charge in [-0.15, -0.1) is 0 Å². The van der Waals surface area contributed by atoms with Crippen molar-refractivity contribution in [2.45, 2.75) is 26.3 Å². The SMILES string of the molecule is Cc1ccc(C)c(C(C)(C(=O)O)n2ccnc2)c1. The lowest BCUT2D eigenvalue weighted by Crippen LogP contribution is -2.40. The van der Waals surface area contributed by atoms with Gasteiger partial charge in [-0.25, -0.2) is 9.78 Å². The van der Waals surface area contributed by atoms with Crippen LogP contribution in [0.3, 0.4) is 0 Å². The molecule has 1 unspecified atom stereocenters. The summed E-state index contributed by atoms with van der Waals surface area (Å²) >= 11 is 0. The van der Waals surface area contributed by atoms with Gasteiger partial charge in [-0.1, -0.05) is 23.8 Å². The van der Waals surface area contributed by atoms with Crippen molar-refractivity contribution in [3.8, 4) is 0 Å². The van der Waals surface area contributed by atoms with E-state index in [0.717, 1.165) is 16.7 Å². The van der Waals surface area contributed by atoms with Crippen LogP contribution in [0.4, 0.5) is 0 Å². The van der Waals surface area contributed by atoms with Gasteiger partial charge in [0, 0.05) is 12.4 Å². The minimum Gasteiger partial charge on any atom is -0.479 e. The van der Waals surface area contributed by atoms with Crippen LogP contribution in [0.2, 0.25) is 0 Å². The van der Waals surface area contributed by atoms with E-state index in [2.05, 4.69) is 4.98 Å². The van der Waals surface area contributed by atoms with Gasteiger partial charge >= 0.3 is 5.97 Å². The van der Waals surface area contributed by atoms with Gasteiger partial charge in [0.15, 0.2) is 5.54 Å². The largest absolute Gasteiger partial charge is 0.479 e. The van der Waals surface area contributed by atoms with Crippen LogP contribution in [-0.4, -0.2) is 20.6 Å². The van der Waals surface area contributed by atoms with Crippen LogP contribution in [-0.2, 0) is 10.3 Å². The molecule has 0 fully saturated rings.